The molecule has 9 nitrogen and oxygen atoms in total. The van der Waals surface area contributed by atoms with E-state index in [9.17, 15) is 19.5 Å². The van der Waals surface area contributed by atoms with Gasteiger partial charge in [0.15, 0.2) is 0 Å². The van der Waals surface area contributed by atoms with Gasteiger partial charge in [0.1, 0.15) is 18.0 Å². The minimum absolute atomic E-state index is 0.0798. The molecule has 1 N–H and O–H groups in total. The van der Waals surface area contributed by atoms with E-state index in [1.54, 1.807) is 16.7 Å². The summed E-state index contributed by atoms with van der Waals surface area (Å²) in [4.78, 5) is 41.9. The van der Waals surface area contributed by atoms with Crippen LogP contribution in [-0.4, -0.2) is 63.9 Å². The number of carboxylic acids is 1. The summed E-state index contributed by atoms with van der Waals surface area (Å²) in [7, 11) is 0. The lowest BCUT2D eigenvalue weighted by atomic mass is 9.95. The minimum Gasteiger partial charge on any atom is -0.475 e. The van der Waals surface area contributed by atoms with Gasteiger partial charge in [0.25, 0.3) is 0 Å². The van der Waals surface area contributed by atoms with Gasteiger partial charge in [-0.15, -0.1) is 0 Å². The quantitative estimate of drug-likeness (QED) is 0.344. The molecule has 222 valence electrons. The highest BCUT2D eigenvalue weighted by molar-refractivity contribution is 5.84. The molecule has 2 atom stereocenters. The molecule has 2 aromatic carbocycles. The normalized spacial score (nSPS) is 18.3. The first-order valence-corrected chi connectivity index (χ1v) is 14.4. The van der Waals surface area contributed by atoms with Gasteiger partial charge in [-0.1, -0.05) is 48.5 Å². The number of carbonyl (C=O) groups is 3. The molecule has 0 spiro atoms. The predicted octanol–water partition coefficient (Wildman–Crippen LogP) is 6.83. The molecular weight excluding hydrogens is 536 g/mol. The number of carboxylic acid groups (broad SMARTS) is 1. The number of furan rings is 1. The van der Waals surface area contributed by atoms with Gasteiger partial charge >= 0.3 is 18.2 Å². The molecule has 9 heteroatoms. The topological polar surface area (TPSA) is 110 Å². The van der Waals surface area contributed by atoms with Crippen molar-refractivity contribution in [3.63, 3.8) is 0 Å². The summed E-state index contributed by atoms with van der Waals surface area (Å²) >= 11 is 0. The van der Waals surface area contributed by atoms with E-state index < -0.39 is 23.8 Å². The Labute approximate surface area is 246 Å². The zero-order valence-electron chi connectivity index (χ0n) is 24.8. The Hall–Kier alpha value is -4.27. The lowest BCUT2D eigenvalue weighted by molar-refractivity contribution is -0.00941. The third-order valence-electron chi connectivity index (χ3n) is 8.12. The molecule has 1 fully saturated rings. The average molecular weight is 575 g/mol. The van der Waals surface area contributed by atoms with Crippen LogP contribution in [0, 0.1) is 6.92 Å². The van der Waals surface area contributed by atoms with Crippen molar-refractivity contribution in [1.82, 2.24) is 9.80 Å². The highest BCUT2D eigenvalue weighted by atomic mass is 16.6. The number of fused-ring (bicyclic) bond motifs is 3. The summed E-state index contributed by atoms with van der Waals surface area (Å²) in [6, 6.07) is 17.0. The number of benzene rings is 2. The second-order valence-electron chi connectivity index (χ2n) is 12.1. The third-order valence-corrected chi connectivity index (χ3v) is 8.12. The third kappa shape index (κ3) is 5.86. The number of carbonyl (C=O) groups excluding carboxylic acids is 2. The summed E-state index contributed by atoms with van der Waals surface area (Å²) in [5, 5.41) is 9.45. The number of amides is 2. The lowest BCUT2D eigenvalue weighted by Gasteiger charge is -2.44. The molecule has 2 aliphatic rings. The van der Waals surface area contributed by atoms with E-state index in [2.05, 4.69) is 24.3 Å². The van der Waals surface area contributed by atoms with Gasteiger partial charge in [-0.25, -0.2) is 14.4 Å². The summed E-state index contributed by atoms with van der Waals surface area (Å²) in [6.07, 6.45) is 0.358. The van der Waals surface area contributed by atoms with Crippen molar-refractivity contribution in [2.45, 2.75) is 77.6 Å². The number of hydrogen-bond acceptors (Lipinski definition) is 6. The van der Waals surface area contributed by atoms with Crippen molar-refractivity contribution in [3.05, 3.63) is 82.8 Å². The smallest absolute Gasteiger partial charge is 0.410 e. The first-order valence-electron chi connectivity index (χ1n) is 14.4. The molecule has 42 heavy (non-hydrogen) atoms. The van der Waals surface area contributed by atoms with Gasteiger partial charge in [-0.3, -0.25) is 4.90 Å². The van der Waals surface area contributed by atoms with E-state index in [0.29, 0.717) is 30.7 Å². The number of nitrogens with zero attached hydrogens (tertiary/aromatic N) is 2. The molecular formula is C33H38N2O7. The van der Waals surface area contributed by atoms with Crippen LogP contribution in [-0.2, 0) is 16.0 Å². The van der Waals surface area contributed by atoms with E-state index >= 15 is 0 Å². The Morgan fingerprint density at radius 2 is 1.67 bits per heavy atom. The summed E-state index contributed by atoms with van der Waals surface area (Å²) in [5.41, 5.74) is 4.40. The average Bonchev–Trinajstić information content (AvgIpc) is 3.47. The summed E-state index contributed by atoms with van der Waals surface area (Å²) in [6.45, 7) is 9.78. The van der Waals surface area contributed by atoms with Gasteiger partial charge in [-0.2, -0.15) is 0 Å². The molecule has 1 saturated heterocycles. The zero-order chi connectivity index (χ0) is 30.2. The molecule has 0 radical (unpaired) electrons. The van der Waals surface area contributed by atoms with E-state index in [1.165, 1.54) is 6.07 Å². The van der Waals surface area contributed by atoms with Crippen LogP contribution in [0.2, 0.25) is 0 Å². The maximum Gasteiger partial charge on any atom is 0.410 e. The van der Waals surface area contributed by atoms with Gasteiger partial charge < -0.3 is 23.9 Å². The molecule has 2 amide bonds. The molecule has 0 bridgehead atoms. The van der Waals surface area contributed by atoms with Crippen LogP contribution < -0.4 is 0 Å². The van der Waals surface area contributed by atoms with E-state index in [0.717, 1.165) is 22.3 Å². The minimum atomic E-state index is -1.18. The van der Waals surface area contributed by atoms with Crippen molar-refractivity contribution in [2.24, 2.45) is 0 Å². The summed E-state index contributed by atoms with van der Waals surface area (Å²) in [5.74, 6) is -1.07. The van der Waals surface area contributed by atoms with E-state index in [4.69, 9.17) is 13.9 Å². The molecule has 3 aromatic rings. The predicted molar refractivity (Wildman–Crippen MR) is 156 cm³/mol. The van der Waals surface area contributed by atoms with E-state index in [-0.39, 0.29) is 36.9 Å². The lowest BCUT2D eigenvalue weighted by Crippen LogP contribution is -2.57. The van der Waals surface area contributed by atoms with Gasteiger partial charge in [0.05, 0.1) is 18.6 Å². The fourth-order valence-corrected chi connectivity index (χ4v) is 6.08. The van der Waals surface area contributed by atoms with E-state index in [1.807, 2.05) is 52.0 Å². The second-order valence-corrected chi connectivity index (χ2v) is 12.1. The number of likely N-dealkylation sites (tertiary alicyclic amines) is 1. The van der Waals surface area contributed by atoms with Crippen LogP contribution in [0.5, 0.6) is 0 Å². The van der Waals surface area contributed by atoms with Crippen LogP contribution in [0.25, 0.3) is 11.1 Å². The Morgan fingerprint density at radius 3 is 2.24 bits per heavy atom. The Bertz CT molecular complexity index is 1440. The molecule has 1 aromatic heterocycles. The number of rotatable bonds is 6. The first kappa shape index (κ1) is 29.2. The molecule has 1 aliphatic carbocycles. The van der Waals surface area contributed by atoms with Crippen LogP contribution in [0.15, 0.2) is 59.0 Å². The van der Waals surface area contributed by atoms with Crippen molar-refractivity contribution in [2.75, 3.05) is 13.2 Å². The number of aromatic carboxylic acids is 1. The van der Waals surface area contributed by atoms with Crippen LogP contribution >= 0.6 is 0 Å². The number of hydrogen-bond donors (Lipinski definition) is 1. The highest BCUT2D eigenvalue weighted by Gasteiger charge is 2.40. The first-order chi connectivity index (χ1) is 19.9. The molecule has 5 rings (SSSR count). The highest BCUT2D eigenvalue weighted by Crippen LogP contribution is 2.44. The van der Waals surface area contributed by atoms with Crippen LogP contribution in [0.3, 0.4) is 0 Å². The largest absolute Gasteiger partial charge is 0.475 e. The molecule has 1 aliphatic heterocycles. The van der Waals surface area contributed by atoms with Gasteiger partial charge in [0, 0.05) is 18.0 Å². The monoisotopic (exact) mass is 574 g/mol. The van der Waals surface area contributed by atoms with Crippen LogP contribution in [0.4, 0.5) is 9.59 Å². The van der Waals surface area contributed by atoms with Gasteiger partial charge in [0.2, 0.25) is 5.76 Å². The van der Waals surface area contributed by atoms with Crippen molar-refractivity contribution in [1.29, 1.82) is 0 Å². The zero-order valence-corrected chi connectivity index (χ0v) is 24.8. The maximum absolute atomic E-state index is 14.0. The number of aryl methyl sites for hydroxylation is 1. The van der Waals surface area contributed by atoms with Crippen LogP contribution in [0.1, 0.15) is 79.5 Å². The number of ether oxygens (including phenoxy) is 2. The second kappa shape index (κ2) is 11.5. The Kier molecular flexibility index (Phi) is 8.03. The fraction of sp³-hybridized carbons (Fsp3) is 0.424. The van der Waals surface area contributed by atoms with Crippen molar-refractivity contribution < 1.29 is 33.4 Å². The SMILES string of the molecule is Cc1oc(C(=O)O)cc1CN(C(=O)OCC1c2ccccc2-c2ccccc21)[C@H]1CCCN(C(=O)OC(C)(C)C)[C@@H]1C. The maximum atomic E-state index is 14.0. The Morgan fingerprint density at radius 1 is 1.05 bits per heavy atom. The number of piperidine rings is 1. The summed E-state index contributed by atoms with van der Waals surface area (Å²) < 4.78 is 17.1. The molecule has 0 saturated carbocycles. The fourth-order valence-electron chi connectivity index (χ4n) is 6.08. The molecule has 2 heterocycles. The van der Waals surface area contributed by atoms with Crippen molar-refractivity contribution in [3.8, 4) is 11.1 Å². The standard InChI is InChI=1S/C33H38N2O7/c1-20-28(15-10-16-34(20)32(39)42-33(3,4)5)35(18-22-17-29(30(36)37)41-21(22)2)31(38)40-19-27-25-13-8-6-11-23(25)24-12-7-9-14-26(24)27/h6-9,11-14,17,20,27-28H,10,15-16,18-19H2,1-5H3,(H,36,37)/t20-,28+/m1/s1. The Balaban J connectivity index is 1.41. The van der Waals surface area contributed by atoms with Crippen molar-refractivity contribution >= 4 is 18.2 Å². The molecule has 0 unspecified atom stereocenters. The van der Waals surface area contributed by atoms with Gasteiger partial charge in [-0.05, 0) is 75.8 Å².